The van der Waals surface area contributed by atoms with Gasteiger partial charge in [-0.05, 0) is 25.0 Å². The van der Waals surface area contributed by atoms with Crippen LogP contribution in [-0.4, -0.2) is 22.5 Å². The molecule has 1 aliphatic rings. The van der Waals surface area contributed by atoms with E-state index in [0.29, 0.717) is 12.8 Å². The number of oxime groups is 1. The number of amides is 1. The second-order valence-electron chi connectivity index (χ2n) is 4.83. The molecule has 1 fully saturated rings. The molecule has 1 aromatic carbocycles. The highest BCUT2D eigenvalue weighted by molar-refractivity contribution is 6.34. The molecule has 1 aromatic rings. The van der Waals surface area contributed by atoms with E-state index in [1.807, 2.05) is 0 Å². The van der Waals surface area contributed by atoms with Crippen molar-refractivity contribution >= 4 is 23.3 Å². The molecule has 5 nitrogen and oxygen atoms in total. The number of hydrogen-bond donors (Lipinski definition) is 3. The van der Waals surface area contributed by atoms with Gasteiger partial charge < -0.3 is 16.3 Å². The quantitative estimate of drug-likeness (QED) is 0.346. The molecule has 0 aromatic heterocycles. The van der Waals surface area contributed by atoms with Gasteiger partial charge in [0.2, 0.25) is 0 Å². The van der Waals surface area contributed by atoms with Crippen molar-refractivity contribution in [2.24, 2.45) is 10.9 Å². The lowest BCUT2D eigenvalue weighted by Gasteiger charge is -2.29. The lowest BCUT2D eigenvalue weighted by molar-refractivity contribution is 0.0918. The smallest absolute Gasteiger partial charge is 0.256 e. The Morgan fingerprint density at radius 3 is 2.65 bits per heavy atom. The van der Waals surface area contributed by atoms with Crippen LogP contribution in [0.1, 0.15) is 36.0 Å². The van der Waals surface area contributed by atoms with Gasteiger partial charge in [0, 0.05) is 0 Å². The Morgan fingerprint density at radius 1 is 1.45 bits per heavy atom. The minimum atomic E-state index is -0.933. The number of amidine groups is 1. The fourth-order valence-electron chi connectivity index (χ4n) is 2.51. The van der Waals surface area contributed by atoms with Crippen LogP contribution in [-0.2, 0) is 0 Å². The van der Waals surface area contributed by atoms with Crippen molar-refractivity contribution in [1.82, 2.24) is 5.32 Å². The summed E-state index contributed by atoms with van der Waals surface area (Å²) in [6.45, 7) is 0. The molecule has 0 spiro atoms. The first-order valence-corrected chi connectivity index (χ1v) is 6.62. The first kappa shape index (κ1) is 14.6. The zero-order chi connectivity index (χ0) is 14.8. The van der Waals surface area contributed by atoms with Gasteiger partial charge in [-0.2, -0.15) is 0 Å². The van der Waals surface area contributed by atoms with E-state index in [2.05, 4.69) is 10.5 Å². The summed E-state index contributed by atoms with van der Waals surface area (Å²) in [5.74, 6) is -1.44. The Labute approximate surface area is 120 Å². The highest BCUT2D eigenvalue weighted by Crippen LogP contribution is 2.31. The summed E-state index contributed by atoms with van der Waals surface area (Å²) in [5, 5.41) is 14.5. The standard InChI is InChI=1S/C13H15ClFN3O2/c14-8-4-3-5-9(15)10(8)11(19)17-13(12(16)18-20)6-1-2-7-13/h3-5,20H,1-2,6-7H2,(H2,16,18)(H,17,19). The second-order valence-corrected chi connectivity index (χ2v) is 5.23. The Balaban J connectivity index is 2.30. The third-order valence-corrected chi connectivity index (χ3v) is 3.91. The van der Waals surface area contributed by atoms with E-state index in [1.165, 1.54) is 12.1 Å². The molecule has 0 saturated heterocycles. The van der Waals surface area contributed by atoms with E-state index in [1.54, 1.807) is 0 Å². The molecule has 20 heavy (non-hydrogen) atoms. The third kappa shape index (κ3) is 2.56. The monoisotopic (exact) mass is 299 g/mol. The number of nitrogens with zero attached hydrogens (tertiary/aromatic N) is 1. The van der Waals surface area contributed by atoms with Crippen LogP contribution in [0.3, 0.4) is 0 Å². The molecule has 4 N–H and O–H groups in total. The fourth-order valence-corrected chi connectivity index (χ4v) is 2.76. The van der Waals surface area contributed by atoms with Crippen LogP contribution in [0.25, 0.3) is 0 Å². The van der Waals surface area contributed by atoms with Crippen LogP contribution in [0.4, 0.5) is 4.39 Å². The van der Waals surface area contributed by atoms with Crippen molar-refractivity contribution in [2.45, 2.75) is 31.2 Å². The van der Waals surface area contributed by atoms with Crippen molar-refractivity contribution in [3.05, 3.63) is 34.6 Å². The largest absolute Gasteiger partial charge is 0.409 e. The minimum Gasteiger partial charge on any atom is -0.409 e. The number of nitrogens with two attached hydrogens (primary N) is 1. The molecular formula is C13H15ClFN3O2. The first-order valence-electron chi connectivity index (χ1n) is 6.25. The summed E-state index contributed by atoms with van der Waals surface area (Å²) in [6, 6.07) is 4.01. The molecule has 0 unspecified atom stereocenters. The maximum Gasteiger partial charge on any atom is 0.256 e. The first-order chi connectivity index (χ1) is 9.50. The second kappa shape index (κ2) is 5.66. The maximum atomic E-state index is 13.7. The van der Waals surface area contributed by atoms with Crippen molar-refractivity contribution < 1.29 is 14.4 Å². The molecule has 108 valence electrons. The molecule has 0 radical (unpaired) electrons. The molecule has 1 amide bonds. The molecule has 7 heteroatoms. The minimum absolute atomic E-state index is 0.0233. The molecule has 1 saturated carbocycles. The maximum absolute atomic E-state index is 13.7. The van der Waals surface area contributed by atoms with Gasteiger partial charge >= 0.3 is 0 Å². The number of carbonyl (C=O) groups is 1. The van der Waals surface area contributed by atoms with E-state index >= 15 is 0 Å². The van der Waals surface area contributed by atoms with Crippen molar-refractivity contribution in [3.63, 3.8) is 0 Å². The lowest BCUT2D eigenvalue weighted by atomic mass is 9.95. The third-order valence-electron chi connectivity index (χ3n) is 3.60. The number of rotatable bonds is 3. The molecule has 2 rings (SSSR count). The number of nitrogens with one attached hydrogen (secondary N) is 1. The SMILES string of the molecule is N/C(=N/O)C1(NC(=O)c2c(F)cccc2Cl)CCCC1. The van der Waals surface area contributed by atoms with Crippen molar-refractivity contribution in [1.29, 1.82) is 0 Å². The van der Waals surface area contributed by atoms with Crippen LogP contribution in [0.15, 0.2) is 23.4 Å². The Bertz CT molecular complexity index is 536. The molecule has 0 aliphatic heterocycles. The van der Waals surface area contributed by atoms with Gasteiger partial charge in [0.1, 0.15) is 11.4 Å². The predicted molar refractivity (Wildman–Crippen MR) is 73.5 cm³/mol. The van der Waals surface area contributed by atoms with Crippen LogP contribution in [0, 0.1) is 5.82 Å². The normalized spacial score (nSPS) is 18.0. The zero-order valence-corrected chi connectivity index (χ0v) is 11.5. The van der Waals surface area contributed by atoms with Gasteiger partial charge in [0.25, 0.3) is 5.91 Å². The predicted octanol–water partition coefficient (Wildman–Crippen LogP) is 2.27. The van der Waals surface area contributed by atoms with Gasteiger partial charge in [-0.15, -0.1) is 0 Å². The van der Waals surface area contributed by atoms with E-state index < -0.39 is 17.3 Å². The summed E-state index contributed by atoms with van der Waals surface area (Å²) in [5.41, 5.74) is 4.51. The van der Waals surface area contributed by atoms with Crippen molar-refractivity contribution in [2.75, 3.05) is 0 Å². The Morgan fingerprint density at radius 2 is 2.10 bits per heavy atom. The van der Waals surface area contributed by atoms with Crippen LogP contribution in [0.2, 0.25) is 5.02 Å². The fraction of sp³-hybridized carbons (Fsp3) is 0.385. The van der Waals surface area contributed by atoms with Gasteiger partial charge in [0.05, 0.1) is 10.6 Å². The number of hydrogen-bond acceptors (Lipinski definition) is 3. The molecular weight excluding hydrogens is 285 g/mol. The summed E-state index contributed by atoms with van der Waals surface area (Å²) >= 11 is 5.86. The number of benzene rings is 1. The Kier molecular flexibility index (Phi) is 4.13. The summed E-state index contributed by atoms with van der Waals surface area (Å²) in [7, 11) is 0. The summed E-state index contributed by atoms with van der Waals surface area (Å²) in [6.07, 6.45) is 2.75. The van der Waals surface area contributed by atoms with E-state index in [-0.39, 0.29) is 16.4 Å². The molecule has 1 aliphatic carbocycles. The lowest BCUT2D eigenvalue weighted by Crippen LogP contribution is -2.55. The van der Waals surface area contributed by atoms with E-state index in [4.69, 9.17) is 22.5 Å². The molecule has 0 bridgehead atoms. The zero-order valence-electron chi connectivity index (χ0n) is 10.7. The topological polar surface area (TPSA) is 87.7 Å². The average molecular weight is 300 g/mol. The average Bonchev–Trinajstić information content (AvgIpc) is 2.87. The van der Waals surface area contributed by atoms with Crippen LogP contribution in [0.5, 0.6) is 0 Å². The van der Waals surface area contributed by atoms with Gasteiger partial charge in [-0.25, -0.2) is 4.39 Å². The molecule has 0 heterocycles. The summed E-state index contributed by atoms with van der Waals surface area (Å²) in [4.78, 5) is 12.2. The van der Waals surface area contributed by atoms with Gasteiger partial charge in [0.15, 0.2) is 5.84 Å². The van der Waals surface area contributed by atoms with Crippen LogP contribution >= 0.6 is 11.6 Å². The Hall–Kier alpha value is -1.82. The van der Waals surface area contributed by atoms with E-state index in [0.717, 1.165) is 18.9 Å². The summed E-state index contributed by atoms with van der Waals surface area (Å²) < 4.78 is 13.7. The number of carbonyl (C=O) groups excluding carboxylic acids is 1. The molecule has 0 atom stereocenters. The van der Waals surface area contributed by atoms with E-state index in [9.17, 15) is 9.18 Å². The van der Waals surface area contributed by atoms with Gasteiger partial charge in [-0.1, -0.05) is 35.7 Å². The number of halogens is 2. The van der Waals surface area contributed by atoms with Gasteiger partial charge in [-0.3, -0.25) is 4.79 Å². The van der Waals surface area contributed by atoms with Crippen LogP contribution < -0.4 is 11.1 Å². The highest BCUT2D eigenvalue weighted by atomic mass is 35.5. The van der Waals surface area contributed by atoms with Crippen molar-refractivity contribution in [3.8, 4) is 0 Å². The highest BCUT2D eigenvalue weighted by Gasteiger charge is 2.40.